The summed E-state index contributed by atoms with van der Waals surface area (Å²) >= 11 is 0. The van der Waals surface area contributed by atoms with Gasteiger partial charge < -0.3 is 9.80 Å². The minimum absolute atomic E-state index is 0.370. The summed E-state index contributed by atoms with van der Waals surface area (Å²) in [5.74, 6) is 7.02. The topological polar surface area (TPSA) is 83.2 Å². The molecule has 0 unspecified atom stereocenters. The van der Waals surface area contributed by atoms with Crippen molar-refractivity contribution in [1.82, 2.24) is 15.0 Å². The molecule has 3 rings (SSSR count). The van der Waals surface area contributed by atoms with E-state index in [9.17, 15) is 0 Å². The molecule has 0 spiro atoms. The maximum atomic E-state index is 5.43. The minimum atomic E-state index is 0.370. The highest BCUT2D eigenvalue weighted by Crippen LogP contribution is 2.26. The second kappa shape index (κ2) is 4.93. The molecule has 104 valence electrons. The Morgan fingerprint density at radius 1 is 1.10 bits per heavy atom. The molecule has 0 fully saturated rings. The van der Waals surface area contributed by atoms with E-state index < -0.39 is 0 Å². The van der Waals surface area contributed by atoms with Crippen LogP contribution in [0.1, 0.15) is 11.1 Å². The number of nitrogens with one attached hydrogen (secondary N) is 1. The lowest BCUT2D eigenvalue weighted by molar-refractivity contribution is 0.811. The molecule has 3 N–H and O–H groups in total. The molecule has 0 saturated heterocycles. The van der Waals surface area contributed by atoms with E-state index in [2.05, 4.69) is 37.4 Å². The molecule has 0 bridgehead atoms. The summed E-state index contributed by atoms with van der Waals surface area (Å²) in [5, 5.41) is 0. The number of nitrogen functional groups attached to an aromatic ring is 1. The molecule has 7 heteroatoms. The van der Waals surface area contributed by atoms with Gasteiger partial charge in [0, 0.05) is 27.2 Å². The fourth-order valence-corrected chi connectivity index (χ4v) is 2.23. The van der Waals surface area contributed by atoms with Crippen LogP contribution in [-0.2, 0) is 13.1 Å². The molecule has 20 heavy (non-hydrogen) atoms. The van der Waals surface area contributed by atoms with E-state index >= 15 is 0 Å². The molecule has 1 aromatic carbocycles. The van der Waals surface area contributed by atoms with Crippen molar-refractivity contribution < 1.29 is 0 Å². The monoisotopic (exact) mass is 271 g/mol. The van der Waals surface area contributed by atoms with Crippen molar-refractivity contribution in [2.24, 2.45) is 5.84 Å². The van der Waals surface area contributed by atoms with Crippen molar-refractivity contribution in [2.45, 2.75) is 13.1 Å². The van der Waals surface area contributed by atoms with Gasteiger partial charge in [-0.25, -0.2) is 5.84 Å². The zero-order valence-corrected chi connectivity index (χ0v) is 11.5. The molecule has 2 heterocycles. The SMILES string of the molecule is CN(C)c1nc(NN)nc(N2Cc3ccccc3C2)n1. The lowest BCUT2D eigenvalue weighted by atomic mass is 10.1. The average molecular weight is 271 g/mol. The summed E-state index contributed by atoms with van der Waals surface area (Å²) in [6, 6.07) is 8.36. The smallest absolute Gasteiger partial charge is 0.243 e. The summed E-state index contributed by atoms with van der Waals surface area (Å²) in [6.45, 7) is 1.61. The highest BCUT2D eigenvalue weighted by Gasteiger charge is 2.22. The molecule has 1 aromatic heterocycles. The first-order chi connectivity index (χ1) is 9.67. The third-order valence-corrected chi connectivity index (χ3v) is 3.26. The highest BCUT2D eigenvalue weighted by atomic mass is 15.4. The van der Waals surface area contributed by atoms with Gasteiger partial charge in [0.25, 0.3) is 0 Å². The van der Waals surface area contributed by atoms with Crippen molar-refractivity contribution in [2.75, 3.05) is 29.3 Å². The van der Waals surface area contributed by atoms with E-state index in [-0.39, 0.29) is 0 Å². The molecule has 7 nitrogen and oxygen atoms in total. The van der Waals surface area contributed by atoms with E-state index in [0.717, 1.165) is 13.1 Å². The van der Waals surface area contributed by atoms with Crippen LogP contribution in [0.3, 0.4) is 0 Å². The average Bonchev–Trinajstić information content (AvgIpc) is 2.90. The largest absolute Gasteiger partial charge is 0.347 e. The van der Waals surface area contributed by atoms with E-state index in [1.54, 1.807) is 0 Å². The molecule has 2 aromatic rings. The minimum Gasteiger partial charge on any atom is -0.347 e. The number of hydrogen-bond acceptors (Lipinski definition) is 7. The van der Waals surface area contributed by atoms with Gasteiger partial charge in [0.1, 0.15) is 0 Å². The molecule has 0 radical (unpaired) electrons. The van der Waals surface area contributed by atoms with Gasteiger partial charge in [-0.3, -0.25) is 5.43 Å². The fourth-order valence-electron chi connectivity index (χ4n) is 2.23. The Bertz CT molecular complexity index is 601. The Hall–Kier alpha value is -2.41. The molecule has 1 aliphatic heterocycles. The Morgan fingerprint density at radius 2 is 1.75 bits per heavy atom. The first kappa shape index (κ1) is 12.6. The van der Waals surface area contributed by atoms with Crippen LogP contribution >= 0.6 is 0 Å². The quantitative estimate of drug-likeness (QED) is 0.629. The van der Waals surface area contributed by atoms with Crippen LogP contribution in [0.15, 0.2) is 24.3 Å². The van der Waals surface area contributed by atoms with Crippen LogP contribution in [0.5, 0.6) is 0 Å². The summed E-state index contributed by atoms with van der Waals surface area (Å²) in [4.78, 5) is 17.0. The lowest BCUT2D eigenvalue weighted by Gasteiger charge is -2.18. The molecule has 0 amide bonds. The van der Waals surface area contributed by atoms with Crippen LogP contribution in [0, 0.1) is 0 Å². The van der Waals surface area contributed by atoms with Gasteiger partial charge >= 0.3 is 0 Å². The maximum Gasteiger partial charge on any atom is 0.243 e. The first-order valence-corrected chi connectivity index (χ1v) is 6.39. The predicted octanol–water partition coefficient (Wildman–Crippen LogP) is 0.743. The Morgan fingerprint density at radius 3 is 2.30 bits per heavy atom. The van der Waals surface area contributed by atoms with Gasteiger partial charge in [-0.2, -0.15) is 15.0 Å². The summed E-state index contributed by atoms with van der Waals surface area (Å²) in [5.41, 5.74) is 5.11. The third kappa shape index (κ3) is 2.23. The normalized spacial score (nSPS) is 13.2. The van der Waals surface area contributed by atoms with Gasteiger partial charge in [0.15, 0.2) is 0 Å². The van der Waals surface area contributed by atoms with Crippen LogP contribution in [-0.4, -0.2) is 29.0 Å². The van der Waals surface area contributed by atoms with Crippen molar-refractivity contribution in [3.05, 3.63) is 35.4 Å². The van der Waals surface area contributed by atoms with Crippen molar-refractivity contribution in [1.29, 1.82) is 0 Å². The fraction of sp³-hybridized carbons (Fsp3) is 0.308. The van der Waals surface area contributed by atoms with Crippen LogP contribution in [0.25, 0.3) is 0 Å². The van der Waals surface area contributed by atoms with Gasteiger partial charge in [0.2, 0.25) is 17.8 Å². The maximum absolute atomic E-state index is 5.43. The molecule has 0 aliphatic carbocycles. The number of aromatic nitrogens is 3. The van der Waals surface area contributed by atoms with Gasteiger partial charge in [-0.05, 0) is 11.1 Å². The molecule has 0 saturated carbocycles. The molecule has 1 aliphatic rings. The highest BCUT2D eigenvalue weighted by molar-refractivity contribution is 5.48. The Kier molecular flexibility index (Phi) is 3.11. The zero-order chi connectivity index (χ0) is 14.1. The number of hydrazine groups is 1. The molecule has 0 atom stereocenters. The van der Waals surface area contributed by atoms with E-state index in [1.165, 1.54) is 11.1 Å². The van der Waals surface area contributed by atoms with E-state index in [0.29, 0.717) is 17.8 Å². The van der Waals surface area contributed by atoms with Crippen molar-refractivity contribution in [3.8, 4) is 0 Å². The summed E-state index contributed by atoms with van der Waals surface area (Å²) < 4.78 is 0. The van der Waals surface area contributed by atoms with E-state index in [1.807, 2.05) is 31.1 Å². The standard InChI is InChI=1S/C13H17N7/c1-19(2)12-15-11(18-14)16-13(17-12)20-7-9-5-3-4-6-10(9)8-20/h3-6H,7-8,14H2,1-2H3,(H,15,16,17,18). The number of hydrogen-bond donors (Lipinski definition) is 2. The number of rotatable bonds is 3. The number of benzene rings is 1. The zero-order valence-electron chi connectivity index (χ0n) is 11.5. The summed E-state index contributed by atoms with van der Waals surface area (Å²) in [7, 11) is 3.77. The number of fused-ring (bicyclic) bond motifs is 1. The van der Waals surface area contributed by atoms with Gasteiger partial charge in [-0.15, -0.1) is 0 Å². The second-order valence-corrected chi connectivity index (χ2v) is 4.92. The second-order valence-electron chi connectivity index (χ2n) is 4.92. The number of nitrogens with two attached hydrogens (primary N) is 1. The lowest BCUT2D eigenvalue weighted by Crippen LogP contribution is -2.23. The number of anilines is 3. The van der Waals surface area contributed by atoms with Gasteiger partial charge in [-0.1, -0.05) is 24.3 Å². The van der Waals surface area contributed by atoms with Crippen molar-refractivity contribution >= 4 is 17.8 Å². The van der Waals surface area contributed by atoms with Crippen molar-refractivity contribution in [3.63, 3.8) is 0 Å². The van der Waals surface area contributed by atoms with Crippen LogP contribution in [0.4, 0.5) is 17.8 Å². The Balaban J connectivity index is 1.94. The third-order valence-electron chi connectivity index (χ3n) is 3.26. The number of nitrogens with zero attached hydrogens (tertiary/aromatic N) is 5. The molecular formula is C13H17N7. The Labute approximate surface area is 117 Å². The van der Waals surface area contributed by atoms with Gasteiger partial charge in [0.05, 0.1) is 0 Å². The van der Waals surface area contributed by atoms with E-state index in [4.69, 9.17) is 5.84 Å². The molecular weight excluding hydrogens is 254 g/mol. The predicted molar refractivity (Wildman–Crippen MR) is 78.3 cm³/mol. The van der Waals surface area contributed by atoms with Crippen LogP contribution in [0.2, 0.25) is 0 Å². The first-order valence-electron chi connectivity index (χ1n) is 6.39. The van der Waals surface area contributed by atoms with Crippen LogP contribution < -0.4 is 21.1 Å². The summed E-state index contributed by atoms with van der Waals surface area (Å²) in [6.07, 6.45) is 0.